The highest BCUT2D eigenvalue weighted by atomic mass is 28.3. The first-order valence-electron chi connectivity index (χ1n) is 9.78. The van der Waals surface area contributed by atoms with E-state index in [4.69, 9.17) is 14.3 Å². The quantitative estimate of drug-likeness (QED) is 0.571. The van der Waals surface area contributed by atoms with Crippen molar-refractivity contribution >= 4 is 25.8 Å². The van der Waals surface area contributed by atoms with Gasteiger partial charge < -0.3 is 14.3 Å². The van der Waals surface area contributed by atoms with Gasteiger partial charge >= 0.3 is 11.9 Å². The van der Waals surface area contributed by atoms with Crippen molar-refractivity contribution in [1.82, 2.24) is 9.97 Å². The molecule has 1 spiro atoms. The zero-order valence-electron chi connectivity index (χ0n) is 16.9. The fourth-order valence-electron chi connectivity index (χ4n) is 4.03. The van der Waals surface area contributed by atoms with Gasteiger partial charge in [-0.2, -0.15) is 0 Å². The van der Waals surface area contributed by atoms with Crippen LogP contribution in [0.4, 0.5) is 5.82 Å². The second kappa shape index (κ2) is 7.07. The van der Waals surface area contributed by atoms with Gasteiger partial charge in [0.1, 0.15) is 18.3 Å². The lowest BCUT2D eigenvalue weighted by Crippen LogP contribution is -2.45. The number of oxazole rings is 1. The highest BCUT2D eigenvalue weighted by molar-refractivity contribution is 6.76. The van der Waals surface area contributed by atoms with Gasteiger partial charge in [-0.25, -0.2) is 14.8 Å². The van der Waals surface area contributed by atoms with Crippen LogP contribution in [0.25, 0.3) is 0 Å². The Morgan fingerprint density at radius 3 is 2.93 bits per heavy atom. The van der Waals surface area contributed by atoms with E-state index in [2.05, 4.69) is 29.6 Å². The molecule has 4 rings (SSSR count). The van der Waals surface area contributed by atoms with E-state index in [0.29, 0.717) is 43.1 Å². The minimum atomic E-state index is -1.22. The lowest BCUT2D eigenvalue weighted by atomic mass is 9.71. The number of aromatic nitrogens is 2. The molecule has 2 aliphatic rings. The summed E-state index contributed by atoms with van der Waals surface area (Å²) in [5, 5.41) is 9.17. The zero-order valence-corrected chi connectivity index (χ0v) is 17.9. The maximum Gasteiger partial charge on any atom is 0.392 e. The Morgan fingerprint density at radius 2 is 2.21 bits per heavy atom. The average molecular weight is 416 g/mol. The zero-order chi connectivity index (χ0) is 20.8. The summed E-state index contributed by atoms with van der Waals surface area (Å²) in [5.74, 6) is -0.419. The first-order valence-corrected chi connectivity index (χ1v) is 13.5. The monoisotopic (exact) mass is 415 g/mol. The lowest BCUT2D eigenvalue weighted by molar-refractivity contribution is -0.124. The Morgan fingerprint density at radius 1 is 1.41 bits per heavy atom. The lowest BCUT2D eigenvalue weighted by Gasteiger charge is -2.31. The number of carboxylic acids is 1. The van der Waals surface area contributed by atoms with E-state index >= 15 is 0 Å². The Labute approximate surface area is 169 Å². The molecular formula is C20H25N3O5Si. The molecule has 0 bridgehead atoms. The van der Waals surface area contributed by atoms with Crippen molar-refractivity contribution in [1.29, 1.82) is 0 Å². The molecule has 0 saturated heterocycles. The molecule has 9 heteroatoms. The number of ether oxygens (including phenoxy) is 1. The fourth-order valence-corrected chi connectivity index (χ4v) is 4.79. The van der Waals surface area contributed by atoms with Gasteiger partial charge in [-0.3, -0.25) is 9.69 Å². The maximum atomic E-state index is 13.5. The number of nitrogens with zero attached hydrogens (tertiary/aromatic N) is 3. The van der Waals surface area contributed by atoms with Crippen LogP contribution in [-0.4, -0.2) is 48.4 Å². The van der Waals surface area contributed by atoms with Crippen molar-refractivity contribution in [3.63, 3.8) is 0 Å². The molecule has 3 heterocycles. The van der Waals surface area contributed by atoms with Crippen LogP contribution < -0.4 is 4.90 Å². The SMILES string of the molecule is C[Si](C)(C)CCOCN1C(=O)C2(CCc3oc(C(=O)O)nc3C2)c2cccnc21. The molecule has 1 unspecified atom stereocenters. The predicted molar refractivity (Wildman–Crippen MR) is 108 cm³/mol. The summed E-state index contributed by atoms with van der Waals surface area (Å²) in [4.78, 5) is 34.9. The van der Waals surface area contributed by atoms with Crippen LogP contribution in [0.3, 0.4) is 0 Å². The number of rotatable bonds is 6. The Balaban J connectivity index is 1.60. The van der Waals surface area contributed by atoms with E-state index in [0.717, 1.165) is 11.6 Å². The van der Waals surface area contributed by atoms with E-state index in [1.165, 1.54) is 0 Å². The second-order valence-electron chi connectivity index (χ2n) is 8.91. The molecule has 2 aromatic heterocycles. The standard InChI is InChI=1S/C20H25N3O5Si/c1-29(2,3)10-9-27-12-23-16-13(5-4-8-21-16)20(19(23)26)7-6-15-14(11-20)22-17(28-15)18(24)25/h4-5,8H,6-7,9-12H2,1-3H3,(H,24,25). The van der Waals surface area contributed by atoms with Gasteiger partial charge in [-0.15, -0.1) is 0 Å². The van der Waals surface area contributed by atoms with Crippen molar-refractivity contribution in [2.75, 3.05) is 18.2 Å². The molecule has 0 radical (unpaired) electrons. The van der Waals surface area contributed by atoms with Gasteiger partial charge in [0, 0.05) is 39.3 Å². The van der Waals surface area contributed by atoms with Crippen LogP contribution in [0, 0.1) is 0 Å². The summed E-state index contributed by atoms with van der Waals surface area (Å²) in [5.41, 5.74) is 0.591. The summed E-state index contributed by atoms with van der Waals surface area (Å²) in [6.45, 7) is 7.63. The van der Waals surface area contributed by atoms with Crippen molar-refractivity contribution in [2.24, 2.45) is 0 Å². The Hall–Kier alpha value is -2.52. The van der Waals surface area contributed by atoms with Crippen molar-refractivity contribution < 1.29 is 23.8 Å². The molecule has 0 aromatic carbocycles. The smallest absolute Gasteiger partial charge is 0.392 e. The Kier molecular flexibility index (Phi) is 4.82. The average Bonchev–Trinajstić information content (AvgIpc) is 3.18. The highest BCUT2D eigenvalue weighted by Gasteiger charge is 2.54. The molecule has 154 valence electrons. The topological polar surface area (TPSA) is 106 Å². The molecule has 1 N–H and O–H groups in total. The molecule has 29 heavy (non-hydrogen) atoms. The molecule has 1 aliphatic heterocycles. The molecule has 1 atom stereocenters. The van der Waals surface area contributed by atoms with E-state index < -0.39 is 19.5 Å². The van der Waals surface area contributed by atoms with Crippen LogP contribution in [0.15, 0.2) is 22.7 Å². The molecule has 1 aliphatic carbocycles. The second-order valence-corrected chi connectivity index (χ2v) is 14.5. The number of hydrogen-bond acceptors (Lipinski definition) is 6. The summed E-state index contributed by atoms with van der Waals surface area (Å²) >= 11 is 0. The minimum Gasteiger partial charge on any atom is -0.474 e. The van der Waals surface area contributed by atoms with Gasteiger partial charge in [0.15, 0.2) is 0 Å². The number of hydrogen-bond donors (Lipinski definition) is 1. The van der Waals surface area contributed by atoms with E-state index in [1.807, 2.05) is 12.1 Å². The molecular weight excluding hydrogens is 390 g/mol. The first kappa shape index (κ1) is 19.8. The largest absolute Gasteiger partial charge is 0.474 e. The van der Waals surface area contributed by atoms with Crippen molar-refractivity contribution in [3.05, 3.63) is 41.2 Å². The summed E-state index contributed by atoms with van der Waals surface area (Å²) in [6.07, 6.45) is 2.96. The van der Waals surface area contributed by atoms with Gasteiger partial charge in [0.25, 0.3) is 0 Å². The van der Waals surface area contributed by atoms with Crippen LogP contribution >= 0.6 is 0 Å². The van der Waals surface area contributed by atoms with Gasteiger partial charge in [-0.05, 0) is 18.5 Å². The van der Waals surface area contributed by atoms with Crippen LogP contribution in [0.5, 0.6) is 0 Å². The first-order chi connectivity index (χ1) is 13.7. The number of aryl methyl sites for hydroxylation is 1. The number of aromatic carboxylic acids is 1. The van der Waals surface area contributed by atoms with Crippen LogP contribution in [0.1, 0.15) is 34.1 Å². The normalized spacial score (nSPS) is 20.8. The van der Waals surface area contributed by atoms with Crippen LogP contribution in [0.2, 0.25) is 25.7 Å². The fraction of sp³-hybridized carbons (Fsp3) is 0.500. The molecule has 1 amide bonds. The number of pyridine rings is 1. The minimum absolute atomic E-state index is 0.0651. The number of fused-ring (bicyclic) bond motifs is 3. The third-order valence-corrected chi connectivity index (χ3v) is 7.34. The number of anilines is 1. The molecule has 0 fully saturated rings. The van der Waals surface area contributed by atoms with Gasteiger partial charge in [-0.1, -0.05) is 25.7 Å². The highest BCUT2D eigenvalue weighted by Crippen LogP contribution is 2.48. The van der Waals surface area contributed by atoms with Gasteiger partial charge in [0.05, 0.1) is 11.1 Å². The number of carboxylic acid groups (broad SMARTS) is 1. The number of carbonyl (C=O) groups is 2. The number of amides is 1. The summed E-state index contributed by atoms with van der Waals surface area (Å²) in [6, 6.07) is 4.77. The third-order valence-electron chi connectivity index (χ3n) is 5.64. The predicted octanol–water partition coefficient (Wildman–Crippen LogP) is 2.85. The van der Waals surface area contributed by atoms with E-state index in [1.54, 1.807) is 11.1 Å². The third kappa shape index (κ3) is 3.48. The molecule has 8 nitrogen and oxygen atoms in total. The van der Waals surface area contributed by atoms with Crippen LogP contribution in [-0.2, 0) is 27.8 Å². The molecule has 2 aromatic rings. The molecule has 0 saturated carbocycles. The summed E-state index contributed by atoms with van der Waals surface area (Å²) < 4.78 is 11.2. The maximum absolute atomic E-state index is 13.5. The number of carbonyl (C=O) groups excluding carboxylic acids is 1. The van der Waals surface area contributed by atoms with Gasteiger partial charge in [0.2, 0.25) is 5.91 Å². The van der Waals surface area contributed by atoms with Crippen molar-refractivity contribution in [3.8, 4) is 0 Å². The Bertz CT molecular complexity index is 967. The summed E-state index contributed by atoms with van der Waals surface area (Å²) in [7, 11) is -1.22. The van der Waals surface area contributed by atoms with E-state index in [-0.39, 0.29) is 18.5 Å². The van der Waals surface area contributed by atoms with Crippen molar-refractivity contribution in [2.45, 2.75) is 50.4 Å². The van der Waals surface area contributed by atoms with E-state index in [9.17, 15) is 9.59 Å².